The molecule has 0 radical (unpaired) electrons. The molecule has 0 aliphatic carbocycles. The van der Waals surface area contributed by atoms with Gasteiger partial charge in [0.05, 0.1) is 11.3 Å². The number of fused-ring (bicyclic) bond motifs is 1. The summed E-state index contributed by atoms with van der Waals surface area (Å²) in [6.07, 6.45) is -0.0574. The molecule has 2 rings (SSSR count). The van der Waals surface area contributed by atoms with Crippen molar-refractivity contribution in [2.45, 2.75) is 19.8 Å². The maximum atomic E-state index is 11.8. The zero-order valence-corrected chi connectivity index (χ0v) is 12.1. The van der Waals surface area contributed by atoms with Crippen LogP contribution in [0.25, 0.3) is 10.1 Å². The van der Waals surface area contributed by atoms with E-state index in [1.54, 1.807) is 0 Å². The summed E-state index contributed by atoms with van der Waals surface area (Å²) < 4.78 is 2.06. The van der Waals surface area contributed by atoms with Gasteiger partial charge in [0, 0.05) is 15.6 Å². The van der Waals surface area contributed by atoms with Crippen LogP contribution in [0.3, 0.4) is 0 Å². The number of carbonyl (C=O) groups excluding carboxylic acids is 1. The van der Waals surface area contributed by atoms with Crippen molar-refractivity contribution in [2.75, 3.05) is 0 Å². The number of Topliss-reactive ketones (excluding diaryl/α,β-unsaturated/α-hetero) is 1. The van der Waals surface area contributed by atoms with Crippen LogP contribution < -0.4 is 0 Å². The van der Waals surface area contributed by atoms with Crippen LogP contribution in [0.2, 0.25) is 0 Å². The van der Waals surface area contributed by atoms with Crippen LogP contribution >= 0.6 is 27.3 Å². The van der Waals surface area contributed by atoms with Gasteiger partial charge >= 0.3 is 5.97 Å². The highest BCUT2D eigenvalue weighted by Crippen LogP contribution is 2.31. The van der Waals surface area contributed by atoms with Crippen molar-refractivity contribution in [3.05, 3.63) is 33.1 Å². The van der Waals surface area contributed by atoms with E-state index in [0.29, 0.717) is 4.88 Å². The fraction of sp³-hybridized carbons (Fsp3) is 0.231. The molecule has 0 unspecified atom stereocenters. The zero-order chi connectivity index (χ0) is 13.3. The predicted molar refractivity (Wildman–Crippen MR) is 75.5 cm³/mol. The van der Waals surface area contributed by atoms with Crippen molar-refractivity contribution in [2.24, 2.45) is 0 Å². The first-order valence-electron chi connectivity index (χ1n) is 5.42. The van der Waals surface area contributed by atoms with Gasteiger partial charge < -0.3 is 5.11 Å². The average molecular weight is 327 g/mol. The topological polar surface area (TPSA) is 54.4 Å². The molecule has 0 aliphatic rings. The van der Waals surface area contributed by atoms with E-state index in [2.05, 4.69) is 15.9 Å². The van der Waals surface area contributed by atoms with Crippen molar-refractivity contribution in [1.29, 1.82) is 0 Å². The van der Waals surface area contributed by atoms with Crippen molar-refractivity contribution in [3.63, 3.8) is 0 Å². The molecule has 1 aromatic heterocycles. The summed E-state index contributed by atoms with van der Waals surface area (Å²) in [5.74, 6) is -1.05. The van der Waals surface area contributed by atoms with Crippen molar-refractivity contribution in [1.82, 2.24) is 0 Å². The lowest BCUT2D eigenvalue weighted by Crippen LogP contribution is -2.01. The fourth-order valence-electron chi connectivity index (χ4n) is 1.64. The van der Waals surface area contributed by atoms with Crippen molar-refractivity contribution < 1.29 is 14.7 Å². The number of aliphatic carboxylic acids is 1. The van der Waals surface area contributed by atoms with Crippen LogP contribution in [-0.4, -0.2) is 16.9 Å². The van der Waals surface area contributed by atoms with Gasteiger partial charge in [-0.25, -0.2) is 0 Å². The van der Waals surface area contributed by atoms with E-state index in [-0.39, 0.29) is 18.6 Å². The number of halogens is 1. The van der Waals surface area contributed by atoms with E-state index in [9.17, 15) is 9.59 Å². The SMILES string of the molecule is Cc1cc2sc(C(=O)CCC(=O)O)cc2cc1Br. The summed E-state index contributed by atoms with van der Waals surface area (Å²) in [7, 11) is 0. The number of rotatable bonds is 4. The van der Waals surface area contributed by atoms with Crippen molar-refractivity contribution in [3.8, 4) is 0 Å². The number of carboxylic acids is 1. The lowest BCUT2D eigenvalue weighted by atomic mass is 10.1. The lowest BCUT2D eigenvalue weighted by Gasteiger charge is -1.96. The summed E-state index contributed by atoms with van der Waals surface area (Å²) in [5, 5.41) is 9.58. The molecule has 0 atom stereocenters. The summed E-state index contributed by atoms with van der Waals surface area (Å²) in [5.41, 5.74) is 1.12. The molecule has 0 bridgehead atoms. The Balaban J connectivity index is 2.30. The van der Waals surface area contributed by atoms with Gasteiger partial charge in [0.2, 0.25) is 0 Å². The highest BCUT2D eigenvalue weighted by molar-refractivity contribution is 9.10. The van der Waals surface area contributed by atoms with E-state index in [4.69, 9.17) is 5.11 Å². The molecule has 0 spiro atoms. The molecule has 1 N–H and O–H groups in total. The minimum atomic E-state index is -0.942. The summed E-state index contributed by atoms with van der Waals surface area (Å²) >= 11 is 4.87. The molecule has 1 heterocycles. The number of carboxylic acid groups (broad SMARTS) is 1. The second kappa shape index (κ2) is 5.20. The fourth-order valence-corrected chi connectivity index (χ4v) is 3.11. The van der Waals surface area contributed by atoms with Gasteiger partial charge in [0.25, 0.3) is 0 Å². The summed E-state index contributed by atoms with van der Waals surface area (Å²) in [6, 6.07) is 5.83. The Kier molecular flexibility index (Phi) is 3.82. The number of carbonyl (C=O) groups is 2. The van der Waals surface area contributed by atoms with Crippen molar-refractivity contribution >= 4 is 49.1 Å². The molecular formula is C13H11BrO3S. The third-order valence-corrected chi connectivity index (χ3v) is 4.63. The van der Waals surface area contributed by atoms with E-state index in [1.807, 2.05) is 25.1 Å². The van der Waals surface area contributed by atoms with Crippen LogP contribution in [0.1, 0.15) is 28.1 Å². The second-order valence-electron chi connectivity index (χ2n) is 4.07. The van der Waals surface area contributed by atoms with Crippen LogP contribution in [0, 0.1) is 6.92 Å². The summed E-state index contributed by atoms with van der Waals surface area (Å²) in [6.45, 7) is 2.00. The molecule has 94 valence electrons. The molecule has 5 heteroatoms. The first-order valence-corrected chi connectivity index (χ1v) is 7.03. The van der Waals surface area contributed by atoms with Gasteiger partial charge in [-0.2, -0.15) is 0 Å². The number of thiophene rings is 1. The highest BCUT2D eigenvalue weighted by Gasteiger charge is 2.12. The van der Waals surface area contributed by atoms with Gasteiger partial charge in [-0.15, -0.1) is 11.3 Å². The van der Waals surface area contributed by atoms with Crippen LogP contribution in [0.4, 0.5) is 0 Å². The number of hydrogen-bond donors (Lipinski definition) is 1. The Morgan fingerprint density at radius 2 is 2.00 bits per heavy atom. The molecule has 0 saturated heterocycles. The molecule has 1 aromatic carbocycles. The number of benzene rings is 1. The standard InChI is InChI=1S/C13H11BrO3S/c1-7-4-11-8(5-9(7)14)6-12(18-11)10(15)2-3-13(16)17/h4-6H,2-3H2,1H3,(H,16,17). The van der Waals surface area contributed by atoms with Crippen LogP contribution in [0.15, 0.2) is 22.7 Å². The largest absolute Gasteiger partial charge is 0.481 e. The van der Waals surface area contributed by atoms with Gasteiger partial charge in [-0.05, 0) is 36.1 Å². The first kappa shape index (κ1) is 13.2. The minimum absolute atomic E-state index is 0.0578. The Hall–Kier alpha value is -1.20. The number of hydrogen-bond acceptors (Lipinski definition) is 3. The van der Waals surface area contributed by atoms with Gasteiger partial charge in [0.1, 0.15) is 0 Å². The Morgan fingerprint density at radius 1 is 1.28 bits per heavy atom. The Labute approximate surface area is 117 Å². The lowest BCUT2D eigenvalue weighted by molar-refractivity contribution is -0.136. The maximum Gasteiger partial charge on any atom is 0.303 e. The normalized spacial score (nSPS) is 10.8. The monoisotopic (exact) mass is 326 g/mol. The maximum absolute atomic E-state index is 11.8. The van der Waals surface area contributed by atoms with Gasteiger partial charge in [-0.1, -0.05) is 15.9 Å². The molecule has 3 nitrogen and oxygen atoms in total. The highest BCUT2D eigenvalue weighted by atomic mass is 79.9. The summed E-state index contributed by atoms with van der Waals surface area (Å²) in [4.78, 5) is 22.9. The first-order chi connectivity index (χ1) is 8.47. The smallest absolute Gasteiger partial charge is 0.303 e. The molecule has 2 aromatic rings. The second-order valence-corrected chi connectivity index (χ2v) is 6.00. The molecule has 0 aliphatic heterocycles. The molecule has 0 saturated carbocycles. The Bertz CT molecular complexity index is 591. The Morgan fingerprint density at radius 3 is 2.67 bits per heavy atom. The number of ketones is 1. The third-order valence-electron chi connectivity index (χ3n) is 2.64. The van der Waals surface area contributed by atoms with E-state index >= 15 is 0 Å². The van der Waals surface area contributed by atoms with E-state index in [0.717, 1.165) is 20.1 Å². The quantitative estimate of drug-likeness (QED) is 0.863. The average Bonchev–Trinajstić information content (AvgIpc) is 2.69. The minimum Gasteiger partial charge on any atom is -0.481 e. The van der Waals surface area contributed by atoms with Crippen LogP contribution in [0.5, 0.6) is 0 Å². The van der Waals surface area contributed by atoms with Gasteiger partial charge in [-0.3, -0.25) is 9.59 Å². The van der Waals surface area contributed by atoms with E-state index < -0.39 is 5.97 Å². The predicted octanol–water partition coefficient (Wildman–Crippen LogP) is 4.02. The molecule has 0 amide bonds. The molecular weight excluding hydrogens is 316 g/mol. The zero-order valence-electron chi connectivity index (χ0n) is 9.70. The molecule has 0 fully saturated rings. The third kappa shape index (κ3) is 2.79. The van der Waals surface area contributed by atoms with E-state index in [1.165, 1.54) is 11.3 Å². The number of aryl methyl sites for hydroxylation is 1. The van der Waals surface area contributed by atoms with Gasteiger partial charge in [0.15, 0.2) is 5.78 Å². The van der Waals surface area contributed by atoms with Crippen LogP contribution in [-0.2, 0) is 4.79 Å². The molecule has 18 heavy (non-hydrogen) atoms.